The van der Waals surface area contributed by atoms with Gasteiger partial charge in [-0.3, -0.25) is 4.79 Å². The van der Waals surface area contributed by atoms with Crippen LogP contribution in [0.15, 0.2) is 23.4 Å². The van der Waals surface area contributed by atoms with E-state index < -0.39 is 21.3 Å². The second-order valence-electron chi connectivity index (χ2n) is 4.49. The number of carbonyl (C=O) groups is 1. The first-order valence-electron chi connectivity index (χ1n) is 5.84. The maximum atomic E-state index is 11.8. The van der Waals surface area contributed by atoms with Crippen LogP contribution in [-0.4, -0.2) is 48.0 Å². The highest BCUT2D eigenvalue weighted by atomic mass is 35.5. The van der Waals surface area contributed by atoms with Crippen molar-refractivity contribution in [1.82, 2.24) is 10.3 Å². The van der Waals surface area contributed by atoms with Crippen LogP contribution < -0.4 is 11.1 Å². The van der Waals surface area contributed by atoms with Crippen molar-refractivity contribution in [2.45, 2.75) is 16.4 Å². The average molecular weight is 336 g/mol. The molecule has 9 heteroatoms. The van der Waals surface area contributed by atoms with Gasteiger partial charge in [-0.25, -0.2) is 13.4 Å². The summed E-state index contributed by atoms with van der Waals surface area (Å²) in [6, 6.07) is 2.90. The molecule has 1 saturated heterocycles. The van der Waals surface area contributed by atoms with Gasteiger partial charge in [-0.2, -0.15) is 0 Å². The number of pyridine rings is 1. The molecule has 6 nitrogen and oxygen atoms in total. The zero-order valence-corrected chi connectivity index (χ0v) is 12.8. The zero-order valence-electron chi connectivity index (χ0n) is 10.5. The molecule has 1 aliphatic rings. The number of alkyl halides is 1. The lowest BCUT2D eigenvalue weighted by Gasteiger charge is -2.13. The molecule has 0 aliphatic carbocycles. The first kappa shape index (κ1) is 15.4. The van der Waals surface area contributed by atoms with E-state index in [0.717, 1.165) is 0 Å². The Bertz CT molecular complexity index is 591. The number of halogens is 1. The molecule has 1 fully saturated rings. The molecule has 110 valence electrons. The maximum absolute atomic E-state index is 11.8. The van der Waals surface area contributed by atoms with Gasteiger partial charge in [-0.1, -0.05) is 11.8 Å². The van der Waals surface area contributed by atoms with E-state index in [-0.39, 0.29) is 23.2 Å². The summed E-state index contributed by atoms with van der Waals surface area (Å²) >= 11 is 7.16. The molecule has 2 atom stereocenters. The summed E-state index contributed by atoms with van der Waals surface area (Å²) in [4.78, 5) is 15.8. The Morgan fingerprint density at radius 3 is 2.80 bits per heavy atom. The second kappa shape index (κ2) is 6.19. The standard InChI is InChI=1S/C11H14ClN3O3S2/c12-8-5-20(17,18)6-9(8)15-10(16)4-19-11-2-1-7(13)3-14-11/h1-3,8-9H,4-6,13H2,(H,15,16). The molecule has 2 heterocycles. The summed E-state index contributed by atoms with van der Waals surface area (Å²) in [5.41, 5.74) is 6.07. The van der Waals surface area contributed by atoms with Gasteiger partial charge in [0.2, 0.25) is 5.91 Å². The Morgan fingerprint density at radius 2 is 2.25 bits per heavy atom. The SMILES string of the molecule is Nc1ccc(SCC(=O)NC2CS(=O)(=O)CC2Cl)nc1. The van der Waals surface area contributed by atoms with Gasteiger partial charge in [0.05, 0.1) is 45.6 Å². The number of aromatic nitrogens is 1. The van der Waals surface area contributed by atoms with Crippen LogP contribution in [0.5, 0.6) is 0 Å². The minimum atomic E-state index is -3.14. The monoisotopic (exact) mass is 335 g/mol. The van der Waals surface area contributed by atoms with Gasteiger partial charge < -0.3 is 11.1 Å². The Hall–Kier alpha value is -0.990. The number of rotatable bonds is 4. The number of nitrogen functional groups attached to an aromatic ring is 1. The zero-order chi connectivity index (χ0) is 14.8. The van der Waals surface area contributed by atoms with Crippen molar-refractivity contribution in [1.29, 1.82) is 0 Å². The first-order valence-corrected chi connectivity index (χ1v) is 9.08. The molecule has 1 aromatic rings. The highest BCUT2D eigenvalue weighted by molar-refractivity contribution is 7.99. The van der Waals surface area contributed by atoms with Crippen molar-refractivity contribution in [2.24, 2.45) is 0 Å². The van der Waals surface area contributed by atoms with E-state index in [1.165, 1.54) is 18.0 Å². The molecule has 1 aromatic heterocycles. The summed E-state index contributed by atoms with van der Waals surface area (Å²) in [7, 11) is -3.14. The second-order valence-corrected chi connectivity index (χ2v) is 8.20. The fourth-order valence-corrected chi connectivity index (χ4v) is 5.01. The summed E-state index contributed by atoms with van der Waals surface area (Å²) in [6.45, 7) is 0. The van der Waals surface area contributed by atoms with E-state index in [1.807, 2.05) is 0 Å². The van der Waals surface area contributed by atoms with Gasteiger partial charge in [-0.05, 0) is 12.1 Å². The van der Waals surface area contributed by atoms with Crippen LogP contribution in [0.3, 0.4) is 0 Å². The largest absolute Gasteiger partial charge is 0.397 e. The highest BCUT2D eigenvalue weighted by Crippen LogP contribution is 2.19. The minimum Gasteiger partial charge on any atom is -0.397 e. The van der Waals surface area contributed by atoms with Crippen molar-refractivity contribution >= 4 is 44.8 Å². The summed E-state index contributed by atoms with van der Waals surface area (Å²) < 4.78 is 22.8. The van der Waals surface area contributed by atoms with E-state index in [1.54, 1.807) is 12.1 Å². The fraction of sp³-hybridized carbons (Fsp3) is 0.455. The van der Waals surface area contributed by atoms with Gasteiger partial charge in [0.25, 0.3) is 0 Å². The van der Waals surface area contributed by atoms with Gasteiger partial charge in [0.1, 0.15) is 0 Å². The van der Waals surface area contributed by atoms with E-state index >= 15 is 0 Å². The van der Waals surface area contributed by atoms with Crippen molar-refractivity contribution < 1.29 is 13.2 Å². The van der Waals surface area contributed by atoms with Crippen LogP contribution in [0.4, 0.5) is 5.69 Å². The van der Waals surface area contributed by atoms with Gasteiger partial charge >= 0.3 is 0 Å². The molecule has 0 radical (unpaired) electrons. The van der Waals surface area contributed by atoms with Gasteiger partial charge in [0, 0.05) is 0 Å². The summed E-state index contributed by atoms with van der Waals surface area (Å²) in [6.07, 6.45) is 1.51. The number of hydrogen-bond acceptors (Lipinski definition) is 6. The van der Waals surface area contributed by atoms with Crippen LogP contribution in [0.2, 0.25) is 0 Å². The molecule has 2 rings (SSSR count). The maximum Gasteiger partial charge on any atom is 0.230 e. The number of nitrogens with zero attached hydrogens (tertiary/aromatic N) is 1. The molecule has 3 N–H and O–H groups in total. The smallest absolute Gasteiger partial charge is 0.230 e. The molecule has 20 heavy (non-hydrogen) atoms. The van der Waals surface area contributed by atoms with Crippen molar-refractivity contribution in [3.63, 3.8) is 0 Å². The van der Waals surface area contributed by atoms with Crippen molar-refractivity contribution in [3.05, 3.63) is 18.3 Å². The molecule has 0 saturated carbocycles. The number of sulfone groups is 1. The molecule has 0 aromatic carbocycles. The lowest BCUT2D eigenvalue weighted by atomic mass is 10.2. The van der Waals surface area contributed by atoms with Crippen molar-refractivity contribution in [3.8, 4) is 0 Å². The lowest BCUT2D eigenvalue weighted by molar-refractivity contribution is -0.119. The molecule has 0 bridgehead atoms. The fourth-order valence-electron chi connectivity index (χ4n) is 1.80. The highest BCUT2D eigenvalue weighted by Gasteiger charge is 2.37. The third kappa shape index (κ3) is 4.26. The minimum absolute atomic E-state index is 0.0911. The summed E-state index contributed by atoms with van der Waals surface area (Å²) in [5, 5.41) is 2.75. The average Bonchev–Trinajstić information content (AvgIpc) is 2.61. The Labute approximate surface area is 126 Å². The normalized spacial score (nSPS) is 24.4. The lowest BCUT2D eigenvalue weighted by Crippen LogP contribution is -2.41. The quantitative estimate of drug-likeness (QED) is 0.605. The van der Waals surface area contributed by atoms with E-state index in [9.17, 15) is 13.2 Å². The van der Waals surface area contributed by atoms with Gasteiger partial charge in [0.15, 0.2) is 9.84 Å². The molecule has 1 amide bonds. The number of amides is 1. The molecular formula is C11H14ClN3O3S2. The van der Waals surface area contributed by atoms with E-state index in [2.05, 4.69) is 10.3 Å². The number of anilines is 1. The van der Waals surface area contributed by atoms with Crippen molar-refractivity contribution in [2.75, 3.05) is 23.0 Å². The third-order valence-electron chi connectivity index (χ3n) is 2.74. The van der Waals surface area contributed by atoms with Crippen LogP contribution >= 0.6 is 23.4 Å². The Morgan fingerprint density at radius 1 is 1.50 bits per heavy atom. The number of carbonyl (C=O) groups excluding carboxylic acids is 1. The first-order chi connectivity index (χ1) is 9.35. The number of nitrogens with one attached hydrogen (secondary N) is 1. The Kier molecular flexibility index (Phi) is 4.77. The number of thioether (sulfide) groups is 1. The predicted molar refractivity (Wildman–Crippen MR) is 79.6 cm³/mol. The summed E-state index contributed by atoms with van der Waals surface area (Å²) in [5.74, 6) is -0.303. The van der Waals surface area contributed by atoms with E-state index in [4.69, 9.17) is 17.3 Å². The molecule has 1 aliphatic heterocycles. The van der Waals surface area contributed by atoms with Crippen LogP contribution in [0, 0.1) is 0 Å². The van der Waals surface area contributed by atoms with Crippen LogP contribution in [0.1, 0.15) is 0 Å². The predicted octanol–water partition coefficient (Wildman–Crippen LogP) is 0.276. The van der Waals surface area contributed by atoms with Gasteiger partial charge in [-0.15, -0.1) is 11.6 Å². The number of hydrogen-bond donors (Lipinski definition) is 2. The number of nitrogens with two attached hydrogens (primary N) is 1. The molecule has 0 spiro atoms. The third-order valence-corrected chi connectivity index (χ3v) is 6.06. The topological polar surface area (TPSA) is 102 Å². The van der Waals surface area contributed by atoms with Crippen LogP contribution in [0.25, 0.3) is 0 Å². The van der Waals surface area contributed by atoms with Crippen LogP contribution in [-0.2, 0) is 14.6 Å². The molecular weight excluding hydrogens is 322 g/mol. The molecule has 2 unspecified atom stereocenters. The Balaban J connectivity index is 1.83. The van der Waals surface area contributed by atoms with E-state index in [0.29, 0.717) is 10.7 Å².